The lowest BCUT2D eigenvalue weighted by Crippen LogP contribution is -2.24. The van der Waals surface area contributed by atoms with Crippen molar-refractivity contribution in [2.75, 3.05) is 0 Å². The lowest BCUT2D eigenvalue weighted by molar-refractivity contribution is 0.0697. The largest absolute Gasteiger partial charge is 0.478 e. The molecule has 0 bridgehead atoms. The highest BCUT2D eigenvalue weighted by atomic mass is 16.4. The number of aromatic carboxylic acids is 1. The third-order valence-electron chi connectivity index (χ3n) is 4.13. The number of benzene rings is 2. The molecule has 1 heterocycles. The van der Waals surface area contributed by atoms with Gasteiger partial charge in [-0.25, -0.2) is 4.79 Å². The Kier molecular flexibility index (Phi) is 3.74. The van der Waals surface area contributed by atoms with Gasteiger partial charge in [-0.15, -0.1) is 0 Å². The number of aromatic nitrogens is 1. The SMILES string of the molecule is Cc1cc(C(=O)O)cc2ccc(=O)n(C(C)c3ccccc3)c12. The first-order valence-corrected chi connectivity index (χ1v) is 7.43. The molecule has 0 spiro atoms. The number of rotatable bonds is 3. The minimum atomic E-state index is -0.969. The van der Waals surface area contributed by atoms with E-state index in [0.29, 0.717) is 0 Å². The number of aryl methyl sites for hydroxylation is 1. The summed E-state index contributed by atoms with van der Waals surface area (Å²) >= 11 is 0. The molecule has 3 aromatic rings. The number of nitrogens with zero attached hydrogens (tertiary/aromatic N) is 1. The molecule has 23 heavy (non-hydrogen) atoms. The molecule has 0 aliphatic heterocycles. The maximum atomic E-state index is 12.5. The van der Waals surface area contributed by atoms with Gasteiger partial charge < -0.3 is 9.67 Å². The van der Waals surface area contributed by atoms with Gasteiger partial charge in [0.25, 0.3) is 5.56 Å². The Hall–Kier alpha value is -2.88. The number of pyridine rings is 1. The molecule has 1 atom stereocenters. The highest BCUT2D eigenvalue weighted by molar-refractivity contribution is 5.94. The van der Waals surface area contributed by atoms with E-state index in [0.717, 1.165) is 22.0 Å². The second-order valence-corrected chi connectivity index (χ2v) is 5.66. The van der Waals surface area contributed by atoms with E-state index in [1.807, 2.05) is 44.2 Å². The second-order valence-electron chi connectivity index (χ2n) is 5.66. The van der Waals surface area contributed by atoms with Gasteiger partial charge in [-0.1, -0.05) is 30.3 Å². The van der Waals surface area contributed by atoms with E-state index in [4.69, 9.17) is 0 Å². The first-order valence-electron chi connectivity index (χ1n) is 7.43. The Bertz CT molecular complexity index is 942. The van der Waals surface area contributed by atoms with Gasteiger partial charge in [-0.05, 0) is 48.6 Å². The lowest BCUT2D eigenvalue weighted by Gasteiger charge is -2.20. The summed E-state index contributed by atoms with van der Waals surface area (Å²) in [5.74, 6) is -0.969. The number of hydrogen-bond acceptors (Lipinski definition) is 2. The Morgan fingerprint density at radius 1 is 1.09 bits per heavy atom. The van der Waals surface area contributed by atoms with E-state index in [1.54, 1.807) is 22.8 Å². The van der Waals surface area contributed by atoms with Crippen molar-refractivity contribution in [3.05, 3.63) is 81.6 Å². The van der Waals surface area contributed by atoms with E-state index in [2.05, 4.69) is 0 Å². The molecule has 3 rings (SSSR count). The fraction of sp³-hybridized carbons (Fsp3) is 0.158. The van der Waals surface area contributed by atoms with Crippen LogP contribution in [-0.4, -0.2) is 15.6 Å². The molecule has 4 nitrogen and oxygen atoms in total. The third kappa shape index (κ3) is 2.63. The van der Waals surface area contributed by atoms with Gasteiger partial charge in [0, 0.05) is 6.07 Å². The normalized spacial score (nSPS) is 12.3. The summed E-state index contributed by atoms with van der Waals surface area (Å²) in [6.07, 6.45) is 0. The quantitative estimate of drug-likeness (QED) is 0.804. The zero-order valence-electron chi connectivity index (χ0n) is 13.0. The van der Waals surface area contributed by atoms with E-state index < -0.39 is 5.97 Å². The molecule has 0 amide bonds. The molecule has 0 aliphatic carbocycles. The number of carbonyl (C=O) groups is 1. The van der Waals surface area contributed by atoms with Crippen LogP contribution < -0.4 is 5.56 Å². The predicted molar refractivity (Wildman–Crippen MR) is 90.2 cm³/mol. The van der Waals surface area contributed by atoms with Crippen molar-refractivity contribution in [2.24, 2.45) is 0 Å². The average molecular weight is 307 g/mol. The fourth-order valence-corrected chi connectivity index (χ4v) is 3.00. The summed E-state index contributed by atoms with van der Waals surface area (Å²) in [4.78, 5) is 23.7. The summed E-state index contributed by atoms with van der Waals surface area (Å²) in [5, 5.41) is 9.97. The van der Waals surface area contributed by atoms with Crippen molar-refractivity contribution in [1.29, 1.82) is 0 Å². The molecule has 0 saturated carbocycles. The van der Waals surface area contributed by atoms with Crippen LogP contribution >= 0.6 is 0 Å². The van der Waals surface area contributed by atoms with Crippen molar-refractivity contribution < 1.29 is 9.90 Å². The fourth-order valence-electron chi connectivity index (χ4n) is 3.00. The van der Waals surface area contributed by atoms with Crippen LogP contribution in [0.4, 0.5) is 0 Å². The van der Waals surface area contributed by atoms with Crippen LogP contribution in [0.2, 0.25) is 0 Å². The maximum absolute atomic E-state index is 12.5. The van der Waals surface area contributed by atoms with Crippen molar-refractivity contribution in [1.82, 2.24) is 4.57 Å². The van der Waals surface area contributed by atoms with E-state index >= 15 is 0 Å². The Labute approximate surface area is 133 Å². The van der Waals surface area contributed by atoms with Crippen LogP contribution in [-0.2, 0) is 0 Å². The maximum Gasteiger partial charge on any atom is 0.335 e. The van der Waals surface area contributed by atoms with Crippen LogP contribution in [0.15, 0.2) is 59.4 Å². The minimum absolute atomic E-state index is 0.0972. The smallest absolute Gasteiger partial charge is 0.335 e. The third-order valence-corrected chi connectivity index (χ3v) is 4.13. The number of hydrogen-bond donors (Lipinski definition) is 1. The number of carboxylic acids is 1. The van der Waals surface area contributed by atoms with Gasteiger partial charge in [-0.2, -0.15) is 0 Å². The minimum Gasteiger partial charge on any atom is -0.478 e. The zero-order chi connectivity index (χ0) is 16.6. The number of fused-ring (bicyclic) bond motifs is 1. The van der Waals surface area contributed by atoms with E-state index in [1.165, 1.54) is 6.07 Å². The monoisotopic (exact) mass is 307 g/mol. The highest BCUT2D eigenvalue weighted by Crippen LogP contribution is 2.25. The van der Waals surface area contributed by atoms with Gasteiger partial charge in [-0.3, -0.25) is 4.79 Å². The average Bonchev–Trinajstić information content (AvgIpc) is 2.55. The van der Waals surface area contributed by atoms with Crippen LogP contribution in [0.25, 0.3) is 10.9 Å². The standard InChI is InChI=1S/C19H17NO3/c1-12-10-16(19(22)23)11-15-8-9-17(21)20(18(12)15)13(2)14-6-4-3-5-7-14/h3-11,13H,1-2H3,(H,22,23). The lowest BCUT2D eigenvalue weighted by atomic mass is 10.0. The molecule has 2 aromatic carbocycles. The molecule has 4 heteroatoms. The first kappa shape index (κ1) is 15.0. The Morgan fingerprint density at radius 2 is 1.78 bits per heavy atom. The van der Waals surface area contributed by atoms with Crippen molar-refractivity contribution in [2.45, 2.75) is 19.9 Å². The van der Waals surface area contributed by atoms with Crippen molar-refractivity contribution >= 4 is 16.9 Å². The van der Waals surface area contributed by atoms with Crippen LogP contribution in [0.3, 0.4) is 0 Å². The van der Waals surface area contributed by atoms with Crippen LogP contribution in [0.5, 0.6) is 0 Å². The molecule has 1 unspecified atom stereocenters. The highest BCUT2D eigenvalue weighted by Gasteiger charge is 2.15. The molecule has 1 N–H and O–H groups in total. The van der Waals surface area contributed by atoms with E-state index in [9.17, 15) is 14.7 Å². The molecule has 1 aromatic heterocycles. The Morgan fingerprint density at radius 3 is 2.43 bits per heavy atom. The molecule has 0 aliphatic rings. The van der Waals surface area contributed by atoms with Gasteiger partial charge in [0.2, 0.25) is 0 Å². The summed E-state index contributed by atoms with van der Waals surface area (Å²) in [7, 11) is 0. The van der Waals surface area contributed by atoms with Gasteiger partial charge in [0.1, 0.15) is 0 Å². The summed E-state index contributed by atoms with van der Waals surface area (Å²) in [5.41, 5.74) is 2.72. The first-order chi connectivity index (χ1) is 11.0. The zero-order valence-corrected chi connectivity index (χ0v) is 13.0. The molecular formula is C19H17NO3. The molecule has 0 fully saturated rings. The molecular weight excluding hydrogens is 290 g/mol. The van der Waals surface area contributed by atoms with Crippen LogP contribution in [0, 0.1) is 6.92 Å². The van der Waals surface area contributed by atoms with E-state index in [-0.39, 0.29) is 17.2 Å². The number of carboxylic acid groups (broad SMARTS) is 1. The topological polar surface area (TPSA) is 59.3 Å². The molecule has 0 saturated heterocycles. The summed E-state index contributed by atoms with van der Waals surface area (Å²) < 4.78 is 1.73. The summed E-state index contributed by atoms with van der Waals surface area (Å²) in [6, 6.07) is 16.0. The molecule has 0 radical (unpaired) electrons. The van der Waals surface area contributed by atoms with Gasteiger partial charge in [0.15, 0.2) is 0 Å². The van der Waals surface area contributed by atoms with Gasteiger partial charge >= 0.3 is 5.97 Å². The van der Waals surface area contributed by atoms with Crippen molar-refractivity contribution in [3.63, 3.8) is 0 Å². The van der Waals surface area contributed by atoms with Crippen LogP contribution in [0.1, 0.15) is 34.5 Å². The Balaban J connectivity index is 2.30. The predicted octanol–water partition coefficient (Wildman–Crippen LogP) is 3.62. The van der Waals surface area contributed by atoms with Gasteiger partial charge in [0.05, 0.1) is 17.1 Å². The second kappa shape index (κ2) is 5.72. The summed E-state index contributed by atoms with van der Waals surface area (Å²) in [6.45, 7) is 3.81. The molecule has 116 valence electrons. The van der Waals surface area contributed by atoms with Crippen molar-refractivity contribution in [3.8, 4) is 0 Å².